The third kappa shape index (κ3) is 5.29. The average Bonchev–Trinajstić information content (AvgIpc) is 2.18. The topological polar surface area (TPSA) is 9.23 Å². The highest BCUT2D eigenvalue weighted by molar-refractivity contribution is 5.04. The summed E-state index contributed by atoms with van der Waals surface area (Å²) in [6.07, 6.45) is 6.74. The van der Waals surface area contributed by atoms with Gasteiger partial charge in [0.25, 0.3) is 0 Å². The molecule has 1 heteroatoms. The molecule has 0 aliphatic heterocycles. The summed E-state index contributed by atoms with van der Waals surface area (Å²) in [5.41, 5.74) is 0. The predicted molar refractivity (Wildman–Crippen MR) is 60.0 cm³/mol. The molecule has 0 bridgehead atoms. The summed E-state index contributed by atoms with van der Waals surface area (Å²) in [5, 5.41) is 0. The van der Waals surface area contributed by atoms with E-state index in [1.54, 1.807) is 0 Å². The third-order valence-corrected chi connectivity index (χ3v) is 2.54. The van der Waals surface area contributed by atoms with Gasteiger partial charge in [0, 0.05) is 5.92 Å². The lowest BCUT2D eigenvalue weighted by Gasteiger charge is -2.15. The van der Waals surface area contributed by atoms with Crippen LogP contribution >= 0.6 is 0 Å². The molecule has 14 heavy (non-hydrogen) atoms. The molecule has 0 spiro atoms. The zero-order chi connectivity index (χ0) is 10.2. The maximum absolute atomic E-state index is 5.41. The Bertz CT molecular complexity index is 191. The number of hydrogen-bond acceptors (Lipinski definition) is 1. The van der Waals surface area contributed by atoms with E-state index in [9.17, 15) is 0 Å². The van der Waals surface area contributed by atoms with Gasteiger partial charge in [0.15, 0.2) is 0 Å². The van der Waals surface area contributed by atoms with Crippen LogP contribution in [-0.4, -0.2) is 13.2 Å². The molecule has 0 aromatic heterocycles. The predicted octanol–water partition coefficient (Wildman–Crippen LogP) is 3.24. The minimum Gasteiger partial charge on any atom is -0.369 e. The lowest BCUT2D eigenvalue weighted by Crippen LogP contribution is -2.04. The normalized spacial score (nSPS) is 17.9. The Morgan fingerprint density at radius 2 is 1.93 bits per heavy atom. The van der Waals surface area contributed by atoms with Gasteiger partial charge in [-0.05, 0) is 18.8 Å². The molecule has 1 nitrogen and oxygen atoms in total. The van der Waals surface area contributed by atoms with E-state index in [2.05, 4.69) is 25.7 Å². The van der Waals surface area contributed by atoms with E-state index in [1.165, 1.54) is 32.1 Å². The van der Waals surface area contributed by atoms with Gasteiger partial charge >= 0.3 is 0 Å². The molecule has 1 saturated carbocycles. The standard InChI is InChI=1S/C13H22O/c1-12(2)11-14-10-6-9-13-7-4-3-5-8-13/h12-13H,3-5,7-8,10-11H2,1-2H3. The van der Waals surface area contributed by atoms with E-state index >= 15 is 0 Å². The first-order chi connectivity index (χ1) is 6.79. The van der Waals surface area contributed by atoms with E-state index < -0.39 is 0 Å². The molecule has 1 aliphatic carbocycles. The maximum atomic E-state index is 5.41. The fraction of sp³-hybridized carbons (Fsp3) is 0.846. The van der Waals surface area contributed by atoms with E-state index in [0.717, 1.165) is 6.61 Å². The molecule has 0 saturated heterocycles. The number of rotatable bonds is 3. The zero-order valence-electron chi connectivity index (χ0n) is 9.51. The SMILES string of the molecule is CC(C)COCC#CC1CCCCC1. The highest BCUT2D eigenvalue weighted by Crippen LogP contribution is 2.22. The maximum Gasteiger partial charge on any atom is 0.107 e. The largest absolute Gasteiger partial charge is 0.369 e. The van der Waals surface area contributed by atoms with Gasteiger partial charge in [0.05, 0.1) is 6.61 Å². The van der Waals surface area contributed by atoms with Crippen LogP contribution in [0, 0.1) is 23.7 Å². The molecule has 1 fully saturated rings. The average molecular weight is 194 g/mol. The molecule has 80 valence electrons. The van der Waals surface area contributed by atoms with Crippen molar-refractivity contribution in [3.63, 3.8) is 0 Å². The first kappa shape index (κ1) is 11.6. The van der Waals surface area contributed by atoms with Crippen LogP contribution in [0.4, 0.5) is 0 Å². The number of ether oxygens (including phenoxy) is 1. The Morgan fingerprint density at radius 3 is 2.57 bits per heavy atom. The minimum absolute atomic E-state index is 0.617. The summed E-state index contributed by atoms with van der Waals surface area (Å²) in [5.74, 6) is 7.73. The van der Waals surface area contributed by atoms with Crippen LogP contribution in [0.5, 0.6) is 0 Å². The molecule has 0 amide bonds. The summed E-state index contributed by atoms with van der Waals surface area (Å²) < 4.78 is 5.41. The van der Waals surface area contributed by atoms with Crippen molar-refractivity contribution < 1.29 is 4.74 Å². The summed E-state index contributed by atoms with van der Waals surface area (Å²) >= 11 is 0. The fourth-order valence-electron chi connectivity index (χ4n) is 1.78. The van der Waals surface area contributed by atoms with Crippen LogP contribution < -0.4 is 0 Å². The molecule has 0 atom stereocenters. The molecule has 0 aromatic carbocycles. The second-order valence-electron chi connectivity index (χ2n) is 4.57. The Hall–Kier alpha value is -0.480. The van der Waals surface area contributed by atoms with Gasteiger partial charge in [-0.2, -0.15) is 0 Å². The van der Waals surface area contributed by atoms with E-state index in [0.29, 0.717) is 18.4 Å². The molecule has 0 aromatic rings. The van der Waals surface area contributed by atoms with Gasteiger partial charge in [0.2, 0.25) is 0 Å². The van der Waals surface area contributed by atoms with Crippen molar-refractivity contribution in [1.82, 2.24) is 0 Å². The Morgan fingerprint density at radius 1 is 1.21 bits per heavy atom. The molecule has 0 heterocycles. The van der Waals surface area contributed by atoms with Crippen molar-refractivity contribution in [2.24, 2.45) is 11.8 Å². The highest BCUT2D eigenvalue weighted by atomic mass is 16.5. The van der Waals surface area contributed by atoms with Gasteiger partial charge in [0.1, 0.15) is 6.61 Å². The Labute approximate surface area is 88.2 Å². The van der Waals surface area contributed by atoms with Crippen molar-refractivity contribution in [2.45, 2.75) is 46.0 Å². The molecular formula is C13H22O. The number of hydrogen-bond donors (Lipinski definition) is 0. The van der Waals surface area contributed by atoms with Gasteiger partial charge < -0.3 is 4.74 Å². The van der Waals surface area contributed by atoms with Crippen LogP contribution in [0.1, 0.15) is 46.0 Å². The van der Waals surface area contributed by atoms with Crippen molar-refractivity contribution in [1.29, 1.82) is 0 Å². The first-order valence-corrected chi connectivity index (χ1v) is 5.85. The van der Waals surface area contributed by atoms with Crippen LogP contribution in [0.25, 0.3) is 0 Å². The molecule has 1 aliphatic rings. The quantitative estimate of drug-likeness (QED) is 0.495. The smallest absolute Gasteiger partial charge is 0.107 e. The van der Waals surface area contributed by atoms with Crippen LogP contribution in [0.3, 0.4) is 0 Å². The Kier molecular flexibility index (Phi) is 5.71. The molecule has 0 unspecified atom stereocenters. The molecule has 0 N–H and O–H groups in total. The summed E-state index contributed by atoms with van der Waals surface area (Å²) in [6, 6.07) is 0. The van der Waals surface area contributed by atoms with E-state index in [-0.39, 0.29) is 0 Å². The van der Waals surface area contributed by atoms with Gasteiger partial charge in [-0.15, -0.1) is 0 Å². The lowest BCUT2D eigenvalue weighted by molar-refractivity contribution is 0.139. The highest BCUT2D eigenvalue weighted by Gasteiger charge is 2.09. The van der Waals surface area contributed by atoms with Crippen molar-refractivity contribution in [2.75, 3.05) is 13.2 Å². The third-order valence-electron chi connectivity index (χ3n) is 2.54. The van der Waals surface area contributed by atoms with E-state index in [1.807, 2.05) is 0 Å². The van der Waals surface area contributed by atoms with Crippen molar-refractivity contribution >= 4 is 0 Å². The van der Waals surface area contributed by atoms with Crippen molar-refractivity contribution in [3.8, 4) is 11.8 Å². The summed E-state index contributed by atoms with van der Waals surface area (Å²) in [4.78, 5) is 0. The Balaban J connectivity index is 2.06. The van der Waals surface area contributed by atoms with Crippen LogP contribution in [0.2, 0.25) is 0 Å². The van der Waals surface area contributed by atoms with Gasteiger partial charge in [-0.3, -0.25) is 0 Å². The van der Waals surface area contributed by atoms with Crippen molar-refractivity contribution in [3.05, 3.63) is 0 Å². The zero-order valence-corrected chi connectivity index (χ0v) is 9.51. The first-order valence-electron chi connectivity index (χ1n) is 5.85. The second kappa shape index (κ2) is 6.90. The molecular weight excluding hydrogens is 172 g/mol. The van der Waals surface area contributed by atoms with Gasteiger partial charge in [-0.1, -0.05) is 45.0 Å². The minimum atomic E-state index is 0.617. The van der Waals surface area contributed by atoms with Crippen LogP contribution in [0.15, 0.2) is 0 Å². The molecule has 0 radical (unpaired) electrons. The molecule has 1 rings (SSSR count). The second-order valence-corrected chi connectivity index (χ2v) is 4.57. The lowest BCUT2D eigenvalue weighted by atomic mass is 9.90. The monoisotopic (exact) mass is 194 g/mol. The summed E-state index contributed by atoms with van der Waals surface area (Å²) in [6.45, 7) is 5.77. The van der Waals surface area contributed by atoms with Crippen LogP contribution in [-0.2, 0) is 4.74 Å². The van der Waals surface area contributed by atoms with Gasteiger partial charge in [-0.25, -0.2) is 0 Å². The summed E-state index contributed by atoms with van der Waals surface area (Å²) in [7, 11) is 0. The fourth-order valence-corrected chi connectivity index (χ4v) is 1.78. The van der Waals surface area contributed by atoms with E-state index in [4.69, 9.17) is 4.74 Å².